The Kier molecular flexibility index (Phi) is 6.40. The zero-order chi connectivity index (χ0) is 20.8. The van der Waals surface area contributed by atoms with Crippen LogP contribution in [0.1, 0.15) is 20.3 Å². The van der Waals surface area contributed by atoms with Gasteiger partial charge in [0.25, 0.3) is 0 Å². The van der Waals surface area contributed by atoms with E-state index in [4.69, 9.17) is 20.0 Å². The molecule has 152 valence electrons. The van der Waals surface area contributed by atoms with Crippen LogP contribution in [0.25, 0.3) is 22.4 Å². The van der Waals surface area contributed by atoms with E-state index in [2.05, 4.69) is 25.5 Å². The van der Waals surface area contributed by atoms with Crippen molar-refractivity contribution in [3.05, 3.63) is 36.0 Å². The highest BCUT2D eigenvalue weighted by Crippen LogP contribution is 2.29. The fraction of sp³-hybridized carbons (Fsp3) is 0.300. The highest BCUT2D eigenvalue weighted by atomic mass is 16.5. The van der Waals surface area contributed by atoms with E-state index in [1.807, 2.05) is 32.0 Å². The maximum Gasteiger partial charge on any atom is 0.218 e. The molecule has 9 heteroatoms. The monoisotopic (exact) mass is 396 g/mol. The van der Waals surface area contributed by atoms with Crippen molar-refractivity contribution < 1.29 is 14.6 Å². The van der Waals surface area contributed by atoms with E-state index in [0.717, 1.165) is 16.7 Å². The van der Waals surface area contributed by atoms with Crippen LogP contribution in [0.3, 0.4) is 0 Å². The van der Waals surface area contributed by atoms with Crippen molar-refractivity contribution in [2.75, 3.05) is 19.0 Å². The summed E-state index contributed by atoms with van der Waals surface area (Å²) in [6.45, 7) is 3.90. The molecule has 0 amide bonds. The fourth-order valence-electron chi connectivity index (χ4n) is 2.70. The summed E-state index contributed by atoms with van der Waals surface area (Å²) >= 11 is 0. The summed E-state index contributed by atoms with van der Waals surface area (Å²) in [6.07, 6.45) is 3.22. The molecule has 0 aliphatic carbocycles. The predicted molar refractivity (Wildman–Crippen MR) is 112 cm³/mol. The van der Waals surface area contributed by atoms with E-state index in [0.29, 0.717) is 35.2 Å². The Hall–Kier alpha value is -3.46. The molecule has 0 saturated carbocycles. The summed E-state index contributed by atoms with van der Waals surface area (Å²) in [6, 6.07) is 7.33. The van der Waals surface area contributed by atoms with Crippen LogP contribution in [0.5, 0.6) is 11.6 Å². The number of aliphatic hydroxyl groups is 1. The van der Waals surface area contributed by atoms with E-state index in [-0.39, 0.29) is 12.7 Å². The van der Waals surface area contributed by atoms with Crippen LogP contribution in [0, 0.1) is 5.41 Å². The van der Waals surface area contributed by atoms with E-state index in [1.165, 1.54) is 13.3 Å². The Labute approximate surface area is 168 Å². The SMILES string of the molecule is COc1cc(N/C=C(\C=N)CCO)nc(-c2n[nH]c3ccc(OC(C)C)cc23)n1. The minimum absolute atomic E-state index is 0.0404. The first kappa shape index (κ1) is 20.3. The van der Waals surface area contributed by atoms with Gasteiger partial charge < -0.3 is 25.3 Å². The standard InChI is InChI=1S/C20H24N6O3/c1-12(2)29-14-4-5-16-15(8-14)19(26-25-16)20-23-17(9-18(24-20)28-3)22-11-13(10-21)6-7-27/h4-5,8-12,21,27H,6-7H2,1-3H3,(H,25,26)(H,22,23,24)/b13-11-,21-10?. The smallest absolute Gasteiger partial charge is 0.218 e. The molecule has 0 aliphatic heterocycles. The van der Waals surface area contributed by atoms with Crippen molar-refractivity contribution in [1.82, 2.24) is 20.2 Å². The summed E-state index contributed by atoms with van der Waals surface area (Å²) < 4.78 is 11.1. The number of aromatic amines is 1. The lowest BCUT2D eigenvalue weighted by molar-refractivity contribution is 0.243. The molecular formula is C20H24N6O3. The first-order valence-electron chi connectivity index (χ1n) is 9.19. The number of hydrogen-bond donors (Lipinski definition) is 4. The third kappa shape index (κ3) is 4.88. The van der Waals surface area contributed by atoms with Gasteiger partial charge in [0.05, 0.1) is 18.7 Å². The van der Waals surface area contributed by atoms with Crippen LogP contribution >= 0.6 is 0 Å². The Morgan fingerprint density at radius 2 is 2.14 bits per heavy atom. The summed E-state index contributed by atoms with van der Waals surface area (Å²) in [5.41, 5.74) is 2.04. The molecule has 9 nitrogen and oxygen atoms in total. The predicted octanol–water partition coefficient (Wildman–Crippen LogP) is 3.14. The van der Waals surface area contributed by atoms with Gasteiger partial charge in [-0.25, -0.2) is 4.98 Å². The van der Waals surface area contributed by atoms with Gasteiger partial charge in [-0.15, -0.1) is 0 Å². The largest absolute Gasteiger partial charge is 0.491 e. The molecule has 0 fully saturated rings. The van der Waals surface area contributed by atoms with Crippen LogP contribution < -0.4 is 14.8 Å². The van der Waals surface area contributed by atoms with Gasteiger partial charge in [0.15, 0.2) is 5.82 Å². The summed E-state index contributed by atoms with van der Waals surface area (Å²) in [5, 5.41) is 27.7. The molecule has 4 N–H and O–H groups in total. The van der Waals surface area contributed by atoms with Crippen molar-refractivity contribution >= 4 is 22.9 Å². The van der Waals surface area contributed by atoms with E-state index >= 15 is 0 Å². The lowest BCUT2D eigenvalue weighted by Crippen LogP contribution is -2.05. The highest BCUT2D eigenvalue weighted by Gasteiger charge is 2.15. The van der Waals surface area contributed by atoms with Crippen LogP contribution in [-0.2, 0) is 0 Å². The van der Waals surface area contributed by atoms with Gasteiger partial charge in [0, 0.05) is 30.5 Å². The highest BCUT2D eigenvalue weighted by molar-refractivity contribution is 5.92. The van der Waals surface area contributed by atoms with E-state index in [1.54, 1.807) is 12.3 Å². The van der Waals surface area contributed by atoms with Crippen molar-refractivity contribution in [2.24, 2.45) is 0 Å². The average Bonchev–Trinajstić information content (AvgIpc) is 3.13. The van der Waals surface area contributed by atoms with Gasteiger partial charge in [-0.05, 0) is 44.0 Å². The number of rotatable bonds is 9. The molecule has 0 spiro atoms. The molecule has 0 saturated heterocycles. The lowest BCUT2D eigenvalue weighted by Gasteiger charge is -2.10. The summed E-state index contributed by atoms with van der Waals surface area (Å²) in [7, 11) is 1.53. The number of nitrogens with zero attached hydrogens (tertiary/aromatic N) is 3. The molecule has 0 radical (unpaired) electrons. The molecule has 0 bridgehead atoms. The van der Waals surface area contributed by atoms with E-state index < -0.39 is 0 Å². The molecule has 0 aliphatic rings. The van der Waals surface area contributed by atoms with Crippen molar-refractivity contribution in [3.8, 4) is 23.1 Å². The van der Waals surface area contributed by atoms with Crippen molar-refractivity contribution in [2.45, 2.75) is 26.4 Å². The Morgan fingerprint density at radius 1 is 1.31 bits per heavy atom. The first-order valence-corrected chi connectivity index (χ1v) is 9.19. The van der Waals surface area contributed by atoms with Gasteiger partial charge in [-0.3, -0.25) is 5.10 Å². The van der Waals surface area contributed by atoms with Gasteiger partial charge in [-0.2, -0.15) is 10.1 Å². The number of ether oxygens (including phenoxy) is 2. The quantitative estimate of drug-likeness (QED) is 0.409. The van der Waals surface area contributed by atoms with Gasteiger partial charge >= 0.3 is 0 Å². The number of aliphatic hydroxyl groups excluding tert-OH is 1. The number of anilines is 1. The average molecular weight is 396 g/mol. The van der Waals surface area contributed by atoms with Crippen LogP contribution in [0.2, 0.25) is 0 Å². The Morgan fingerprint density at radius 3 is 2.83 bits per heavy atom. The van der Waals surface area contributed by atoms with Gasteiger partial charge in [0.2, 0.25) is 5.88 Å². The number of fused-ring (bicyclic) bond motifs is 1. The van der Waals surface area contributed by atoms with Crippen molar-refractivity contribution in [3.63, 3.8) is 0 Å². The third-order valence-electron chi connectivity index (χ3n) is 4.02. The number of hydrogen-bond acceptors (Lipinski definition) is 8. The maximum absolute atomic E-state index is 9.05. The van der Waals surface area contributed by atoms with Crippen LogP contribution in [-0.4, -0.2) is 51.3 Å². The molecule has 2 aromatic heterocycles. The number of H-pyrrole nitrogens is 1. The zero-order valence-corrected chi connectivity index (χ0v) is 16.6. The molecule has 0 unspecified atom stereocenters. The minimum atomic E-state index is -0.0404. The minimum Gasteiger partial charge on any atom is -0.491 e. The second kappa shape index (κ2) is 9.16. The third-order valence-corrected chi connectivity index (χ3v) is 4.02. The number of benzene rings is 1. The maximum atomic E-state index is 9.05. The Bertz CT molecular complexity index is 1030. The molecular weight excluding hydrogens is 372 g/mol. The second-order valence-electron chi connectivity index (χ2n) is 6.55. The number of nitrogens with one attached hydrogen (secondary N) is 3. The molecule has 1 aromatic carbocycles. The topological polar surface area (TPSA) is 129 Å². The van der Waals surface area contributed by atoms with Crippen LogP contribution in [0.15, 0.2) is 36.0 Å². The van der Waals surface area contributed by atoms with E-state index in [9.17, 15) is 0 Å². The fourth-order valence-corrected chi connectivity index (χ4v) is 2.70. The number of methoxy groups -OCH3 is 1. The molecule has 29 heavy (non-hydrogen) atoms. The second-order valence-corrected chi connectivity index (χ2v) is 6.55. The molecule has 3 rings (SSSR count). The summed E-state index contributed by atoms with van der Waals surface area (Å²) in [5.74, 6) is 1.97. The number of aromatic nitrogens is 4. The summed E-state index contributed by atoms with van der Waals surface area (Å²) in [4.78, 5) is 8.94. The molecule has 0 atom stereocenters. The van der Waals surface area contributed by atoms with Crippen molar-refractivity contribution in [1.29, 1.82) is 5.41 Å². The first-order chi connectivity index (χ1) is 14.0. The van der Waals surface area contributed by atoms with Crippen LogP contribution in [0.4, 0.5) is 5.82 Å². The zero-order valence-electron chi connectivity index (χ0n) is 16.6. The Balaban J connectivity index is 2.00. The molecule has 3 aromatic rings. The lowest BCUT2D eigenvalue weighted by atomic mass is 10.2. The normalized spacial score (nSPS) is 11.7. The molecule has 2 heterocycles. The van der Waals surface area contributed by atoms with Gasteiger partial charge in [-0.1, -0.05) is 0 Å². The van der Waals surface area contributed by atoms with Gasteiger partial charge in [0.1, 0.15) is 17.3 Å².